The predicted octanol–water partition coefficient (Wildman–Crippen LogP) is 2.29. The van der Waals surface area contributed by atoms with Crippen LogP contribution in [0, 0.1) is 6.92 Å². The van der Waals surface area contributed by atoms with E-state index in [1.807, 2.05) is 19.1 Å². The van der Waals surface area contributed by atoms with Gasteiger partial charge in [0.05, 0.1) is 18.4 Å². The molecule has 10 nitrogen and oxygen atoms in total. The van der Waals surface area contributed by atoms with Crippen LogP contribution in [0.25, 0.3) is 5.65 Å². The van der Waals surface area contributed by atoms with E-state index in [1.54, 1.807) is 35.6 Å². The quantitative estimate of drug-likeness (QED) is 0.392. The number of thiophene rings is 1. The number of fused-ring (bicyclic) bond motifs is 2. The zero-order chi connectivity index (χ0) is 23.7. The van der Waals surface area contributed by atoms with Gasteiger partial charge in [0.15, 0.2) is 12.3 Å². The summed E-state index contributed by atoms with van der Waals surface area (Å²) in [6, 6.07) is 12.3. The highest BCUT2D eigenvalue weighted by Crippen LogP contribution is 2.28. The molecule has 4 aromatic rings. The summed E-state index contributed by atoms with van der Waals surface area (Å²) in [6.45, 7) is 2.57. The number of rotatable bonds is 6. The van der Waals surface area contributed by atoms with Crippen molar-refractivity contribution in [3.63, 3.8) is 0 Å². The van der Waals surface area contributed by atoms with Gasteiger partial charge in [-0.15, -0.1) is 11.3 Å². The molecule has 0 aliphatic carbocycles. The average Bonchev–Trinajstić information content (AvgIpc) is 3.48. The third-order valence-corrected chi connectivity index (χ3v) is 6.17. The molecule has 1 aliphatic rings. The van der Waals surface area contributed by atoms with Crippen molar-refractivity contribution in [1.29, 1.82) is 0 Å². The molecule has 1 aromatic carbocycles. The van der Waals surface area contributed by atoms with Crippen molar-refractivity contribution in [2.24, 2.45) is 0 Å². The first-order chi connectivity index (χ1) is 16.5. The summed E-state index contributed by atoms with van der Waals surface area (Å²) in [5.41, 5.74) is 2.02. The third kappa shape index (κ3) is 4.46. The maximum atomic E-state index is 12.9. The van der Waals surface area contributed by atoms with Crippen molar-refractivity contribution >= 4 is 40.4 Å². The van der Waals surface area contributed by atoms with E-state index in [0.717, 1.165) is 15.3 Å². The first-order valence-electron chi connectivity index (χ1n) is 10.5. The number of ether oxygens (including phenoxy) is 1. The molecule has 11 heteroatoms. The van der Waals surface area contributed by atoms with Crippen molar-refractivity contribution in [2.75, 3.05) is 11.9 Å². The van der Waals surface area contributed by atoms with Crippen LogP contribution < -0.4 is 20.7 Å². The average molecular weight is 477 g/mol. The van der Waals surface area contributed by atoms with Crippen LogP contribution in [0.1, 0.15) is 36.3 Å². The number of amides is 3. The monoisotopic (exact) mass is 476 g/mol. The van der Waals surface area contributed by atoms with Gasteiger partial charge in [0.25, 0.3) is 17.7 Å². The fourth-order valence-corrected chi connectivity index (χ4v) is 4.37. The molecule has 3 N–H and O–H groups in total. The van der Waals surface area contributed by atoms with Gasteiger partial charge < -0.3 is 20.7 Å². The Kier molecular flexibility index (Phi) is 5.68. The van der Waals surface area contributed by atoms with Crippen molar-refractivity contribution in [3.05, 3.63) is 75.4 Å². The molecule has 0 saturated carbocycles. The Hall–Kier alpha value is -4.25. The second kappa shape index (κ2) is 8.94. The van der Waals surface area contributed by atoms with E-state index in [2.05, 4.69) is 26.0 Å². The first kappa shape index (κ1) is 21.6. The van der Waals surface area contributed by atoms with E-state index < -0.39 is 5.91 Å². The highest BCUT2D eigenvalue weighted by atomic mass is 32.1. The second-order valence-electron chi connectivity index (χ2n) is 7.67. The molecule has 0 fully saturated rings. The lowest BCUT2D eigenvalue weighted by Crippen LogP contribution is -2.28. The lowest BCUT2D eigenvalue weighted by molar-refractivity contribution is -0.118. The molecule has 0 bridgehead atoms. The molecule has 3 aromatic heterocycles. The minimum absolute atomic E-state index is 0.0191. The van der Waals surface area contributed by atoms with Crippen LogP contribution in [-0.4, -0.2) is 38.9 Å². The predicted molar refractivity (Wildman–Crippen MR) is 125 cm³/mol. The maximum absolute atomic E-state index is 12.9. The number of carbonyl (C=O) groups is 3. The molecule has 0 unspecified atom stereocenters. The number of aromatic nitrogens is 3. The minimum Gasteiger partial charge on any atom is -0.482 e. The molecule has 0 atom stereocenters. The zero-order valence-corrected chi connectivity index (χ0v) is 18.9. The maximum Gasteiger partial charge on any atom is 0.270 e. The number of aryl methyl sites for hydroxylation is 1. The van der Waals surface area contributed by atoms with Gasteiger partial charge in [0.2, 0.25) is 0 Å². The summed E-state index contributed by atoms with van der Waals surface area (Å²) >= 11 is 1.61. The molecule has 172 valence electrons. The molecule has 0 saturated heterocycles. The van der Waals surface area contributed by atoms with Crippen LogP contribution in [0.4, 0.5) is 5.69 Å². The molecule has 0 spiro atoms. The Labute approximate surface area is 198 Å². The number of nitrogens with one attached hydrogen (secondary N) is 3. The number of benzene rings is 1. The van der Waals surface area contributed by atoms with E-state index in [0.29, 0.717) is 23.6 Å². The number of nitrogens with zero attached hydrogens (tertiary/aromatic N) is 3. The van der Waals surface area contributed by atoms with Crippen molar-refractivity contribution < 1.29 is 19.1 Å². The molecular weight excluding hydrogens is 456 g/mol. The summed E-state index contributed by atoms with van der Waals surface area (Å²) in [5, 5.41) is 12.6. The Morgan fingerprint density at radius 2 is 1.97 bits per heavy atom. The molecule has 34 heavy (non-hydrogen) atoms. The zero-order valence-electron chi connectivity index (χ0n) is 18.1. The van der Waals surface area contributed by atoms with Gasteiger partial charge in [0.1, 0.15) is 17.1 Å². The number of hydrogen-bond acceptors (Lipinski definition) is 7. The normalized spacial score (nSPS) is 12.6. The van der Waals surface area contributed by atoms with Crippen LogP contribution in [-0.2, 0) is 17.9 Å². The van der Waals surface area contributed by atoms with Crippen molar-refractivity contribution in [3.8, 4) is 5.75 Å². The smallest absolute Gasteiger partial charge is 0.270 e. The highest BCUT2D eigenvalue weighted by molar-refractivity contribution is 7.11. The van der Waals surface area contributed by atoms with E-state index in [9.17, 15) is 14.4 Å². The van der Waals surface area contributed by atoms with Gasteiger partial charge in [-0.1, -0.05) is 6.07 Å². The van der Waals surface area contributed by atoms with Gasteiger partial charge in [-0.25, -0.2) is 9.50 Å². The summed E-state index contributed by atoms with van der Waals surface area (Å²) in [5.74, 6) is -0.450. The van der Waals surface area contributed by atoms with Crippen LogP contribution in [0.15, 0.2) is 48.7 Å². The molecular formula is C23H20N6O4S. The number of anilines is 1. The molecule has 5 rings (SSSR count). The van der Waals surface area contributed by atoms with E-state index in [1.165, 1.54) is 16.8 Å². The van der Waals surface area contributed by atoms with Crippen LogP contribution in [0.2, 0.25) is 0 Å². The minimum atomic E-state index is -0.440. The van der Waals surface area contributed by atoms with Gasteiger partial charge in [-0.3, -0.25) is 14.4 Å². The summed E-state index contributed by atoms with van der Waals surface area (Å²) in [6.07, 6.45) is 1.52. The standard InChI is InChI=1S/C23H20N6O4S/c1-13-2-4-15(34-13)11-25-23(32)18-9-17(27-20-6-7-26-29(18)20)22(31)24-10-14-3-5-19-16(8-14)28-21(30)12-33-19/h2-9H,10-12H2,1H3,(H,24,31)(H,25,32)(H,28,30). The topological polar surface area (TPSA) is 127 Å². The van der Waals surface area contributed by atoms with E-state index >= 15 is 0 Å². The molecule has 4 heterocycles. The Bertz CT molecular complexity index is 1430. The van der Waals surface area contributed by atoms with Crippen LogP contribution in [0.5, 0.6) is 5.75 Å². The fourth-order valence-electron chi connectivity index (χ4n) is 3.54. The molecule has 3 amide bonds. The lowest BCUT2D eigenvalue weighted by Gasteiger charge is -2.18. The van der Waals surface area contributed by atoms with Crippen molar-refractivity contribution in [2.45, 2.75) is 20.0 Å². The summed E-state index contributed by atoms with van der Waals surface area (Å²) in [7, 11) is 0. The number of carbonyl (C=O) groups excluding carboxylic acids is 3. The summed E-state index contributed by atoms with van der Waals surface area (Å²) in [4.78, 5) is 43.8. The SMILES string of the molecule is Cc1ccc(CNC(=O)c2cc(C(=O)NCc3ccc4c(c3)NC(=O)CO4)nc3ccnn23)s1. The Morgan fingerprint density at radius 1 is 1.12 bits per heavy atom. The van der Waals surface area contributed by atoms with Crippen LogP contribution >= 0.6 is 11.3 Å². The largest absolute Gasteiger partial charge is 0.482 e. The van der Waals surface area contributed by atoms with Crippen LogP contribution in [0.3, 0.4) is 0 Å². The van der Waals surface area contributed by atoms with E-state index in [4.69, 9.17) is 4.74 Å². The first-order valence-corrected chi connectivity index (χ1v) is 11.3. The van der Waals surface area contributed by atoms with Crippen molar-refractivity contribution in [1.82, 2.24) is 25.2 Å². The fraction of sp³-hybridized carbons (Fsp3) is 0.174. The Morgan fingerprint density at radius 3 is 2.79 bits per heavy atom. The van der Waals surface area contributed by atoms with Gasteiger partial charge >= 0.3 is 0 Å². The highest BCUT2D eigenvalue weighted by Gasteiger charge is 2.19. The van der Waals surface area contributed by atoms with Gasteiger partial charge in [-0.05, 0) is 36.8 Å². The third-order valence-electron chi connectivity index (χ3n) is 5.17. The second-order valence-corrected chi connectivity index (χ2v) is 9.05. The lowest BCUT2D eigenvalue weighted by atomic mass is 10.1. The summed E-state index contributed by atoms with van der Waals surface area (Å²) < 4.78 is 6.75. The van der Waals surface area contributed by atoms with Gasteiger partial charge in [-0.2, -0.15) is 5.10 Å². The molecule has 0 radical (unpaired) electrons. The molecule has 1 aliphatic heterocycles. The number of hydrogen-bond donors (Lipinski definition) is 3. The van der Waals surface area contributed by atoms with E-state index in [-0.39, 0.29) is 36.4 Å². The Balaban J connectivity index is 1.31. The van der Waals surface area contributed by atoms with Gasteiger partial charge in [0, 0.05) is 28.4 Å².